The Hall–Kier alpha value is -2.99. The highest BCUT2D eigenvalue weighted by molar-refractivity contribution is 6.08. The SMILES string of the molecule is CN1CCC2(C1)C(=O)N(Cc1ccc(-c3cnn(C)c3)cc1F)c1ccccc12. The summed E-state index contributed by atoms with van der Waals surface area (Å²) < 4.78 is 16.6. The van der Waals surface area contributed by atoms with Gasteiger partial charge in [0.05, 0.1) is 18.2 Å². The predicted octanol–water partition coefficient (Wildman–Crippen LogP) is 3.35. The van der Waals surface area contributed by atoms with Gasteiger partial charge in [0.25, 0.3) is 0 Å². The van der Waals surface area contributed by atoms with Gasteiger partial charge in [0.2, 0.25) is 5.91 Å². The molecule has 2 aliphatic heterocycles. The van der Waals surface area contributed by atoms with Gasteiger partial charge in [0, 0.05) is 36.6 Å². The fourth-order valence-electron chi connectivity index (χ4n) is 4.74. The third kappa shape index (κ3) is 2.78. The van der Waals surface area contributed by atoms with Crippen molar-refractivity contribution in [2.45, 2.75) is 18.4 Å². The number of para-hydroxylation sites is 1. The van der Waals surface area contributed by atoms with E-state index in [0.717, 1.165) is 35.3 Å². The van der Waals surface area contributed by atoms with Crippen molar-refractivity contribution in [3.63, 3.8) is 0 Å². The highest BCUT2D eigenvalue weighted by Crippen LogP contribution is 2.47. The number of carbonyl (C=O) groups excluding carboxylic acids is 1. The van der Waals surface area contributed by atoms with E-state index >= 15 is 0 Å². The summed E-state index contributed by atoms with van der Waals surface area (Å²) in [6.45, 7) is 1.84. The number of aryl methyl sites for hydroxylation is 1. The van der Waals surface area contributed by atoms with Crippen LogP contribution >= 0.6 is 0 Å². The summed E-state index contributed by atoms with van der Waals surface area (Å²) in [5.74, 6) is -0.222. The Morgan fingerprint density at radius 1 is 1.14 bits per heavy atom. The normalized spacial score (nSPS) is 21.3. The van der Waals surface area contributed by atoms with Crippen molar-refractivity contribution in [1.29, 1.82) is 0 Å². The lowest BCUT2D eigenvalue weighted by Crippen LogP contribution is -2.41. The molecule has 1 aromatic heterocycles. The first-order valence-electron chi connectivity index (χ1n) is 9.85. The molecular weight excluding hydrogens is 367 g/mol. The monoisotopic (exact) mass is 390 g/mol. The van der Waals surface area contributed by atoms with Crippen LogP contribution in [0.1, 0.15) is 17.5 Å². The number of anilines is 1. The molecule has 6 heteroatoms. The molecule has 0 bridgehead atoms. The van der Waals surface area contributed by atoms with Crippen LogP contribution < -0.4 is 4.90 Å². The lowest BCUT2D eigenvalue weighted by Gasteiger charge is -2.24. The van der Waals surface area contributed by atoms with Gasteiger partial charge in [-0.2, -0.15) is 5.10 Å². The van der Waals surface area contributed by atoms with Crippen LogP contribution in [0.4, 0.5) is 10.1 Å². The summed E-state index contributed by atoms with van der Waals surface area (Å²) in [7, 11) is 3.88. The first-order chi connectivity index (χ1) is 14.0. The van der Waals surface area contributed by atoms with E-state index in [1.807, 2.05) is 50.6 Å². The number of carbonyl (C=O) groups is 1. The summed E-state index contributed by atoms with van der Waals surface area (Å²) in [6.07, 6.45) is 4.38. The van der Waals surface area contributed by atoms with Gasteiger partial charge in [0.15, 0.2) is 0 Å². The number of fused-ring (bicyclic) bond motifs is 2. The Kier molecular flexibility index (Phi) is 4.06. The van der Waals surface area contributed by atoms with Crippen molar-refractivity contribution < 1.29 is 9.18 Å². The van der Waals surface area contributed by atoms with Crippen LogP contribution in [0.3, 0.4) is 0 Å². The Bertz CT molecular complexity index is 1110. The van der Waals surface area contributed by atoms with Gasteiger partial charge < -0.3 is 9.80 Å². The second-order valence-electron chi connectivity index (χ2n) is 8.19. The van der Waals surface area contributed by atoms with E-state index < -0.39 is 5.41 Å². The highest BCUT2D eigenvalue weighted by atomic mass is 19.1. The first kappa shape index (κ1) is 18.1. The number of hydrogen-bond acceptors (Lipinski definition) is 3. The second-order valence-corrected chi connectivity index (χ2v) is 8.19. The predicted molar refractivity (Wildman–Crippen MR) is 110 cm³/mol. The third-order valence-electron chi connectivity index (χ3n) is 6.24. The van der Waals surface area contributed by atoms with Crippen molar-refractivity contribution in [2.75, 3.05) is 25.0 Å². The zero-order valence-electron chi connectivity index (χ0n) is 16.6. The molecule has 1 saturated heterocycles. The van der Waals surface area contributed by atoms with E-state index in [-0.39, 0.29) is 18.3 Å². The molecule has 2 aliphatic rings. The van der Waals surface area contributed by atoms with Crippen molar-refractivity contribution >= 4 is 11.6 Å². The molecule has 29 heavy (non-hydrogen) atoms. The minimum atomic E-state index is -0.503. The third-order valence-corrected chi connectivity index (χ3v) is 6.24. The summed E-state index contributed by atoms with van der Waals surface area (Å²) >= 11 is 0. The zero-order chi connectivity index (χ0) is 20.2. The molecule has 1 spiro atoms. The number of hydrogen-bond donors (Lipinski definition) is 0. The molecule has 5 rings (SSSR count). The van der Waals surface area contributed by atoms with Crippen LogP contribution in [0.5, 0.6) is 0 Å². The van der Waals surface area contributed by atoms with Crippen LogP contribution in [-0.4, -0.2) is 40.7 Å². The van der Waals surface area contributed by atoms with Gasteiger partial charge >= 0.3 is 0 Å². The number of aromatic nitrogens is 2. The molecule has 148 valence electrons. The summed E-state index contributed by atoms with van der Waals surface area (Å²) in [5.41, 5.74) is 3.64. The summed E-state index contributed by atoms with van der Waals surface area (Å²) in [6, 6.07) is 13.1. The molecule has 2 aromatic carbocycles. The minimum absolute atomic E-state index is 0.0822. The number of amides is 1. The smallest absolute Gasteiger partial charge is 0.239 e. The number of nitrogens with zero attached hydrogens (tertiary/aromatic N) is 4. The highest BCUT2D eigenvalue weighted by Gasteiger charge is 2.53. The number of benzene rings is 2. The first-order valence-corrected chi connectivity index (χ1v) is 9.85. The van der Waals surface area contributed by atoms with Crippen LogP contribution in [0.15, 0.2) is 54.9 Å². The molecule has 0 N–H and O–H groups in total. The maximum Gasteiger partial charge on any atom is 0.239 e. The molecule has 1 atom stereocenters. The van der Waals surface area contributed by atoms with Gasteiger partial charge in [-0.05, 0) is 43.3 Å². The lowest BCUT2D eigenvalue weighted by molar-refractivity contribution is -0.122. The Balaban J connectivity index is 1.48. The second kappa shape index (κ2) is 6.52. The molecule has 1 unspecified atom stereocenters. The Morgan fingerprint density at radius 3 is 2.66 bits per heavy atom. The van der Waals surface area contributed by atoms with Crippen LogP contribution in [0.25, 0.3) is 11.1 Å². The van der Waals surface area contributed by atoms with Gasteiger partial charge in [-0.15, -0.1) is 0 Å². The molecule has 1 fully saturated rings. The van der Waals surface area contributed by atoms with E-state index in [1.165, 1.54) is 6.07 Å². The largest absolute Gasteiger partial charge is 0.307 e. The number of halogens is 1. The molecule has 0 aliphatic carbocycles. The van der Waals surface area contributed by atoms with E-state index in [9.17, 15) is 9.18 Å². The minimum Gasteiger partial charge on any atom is -0.307 e. The molecule has 3 heterocycles. The van der Waals surface area contributed by atoms with Crippen LogP contribution in [-0.2, 0) is 23.8 Å². The topological polar surface area (TPSA) is 41.4 Å². The van der Waals surface area contributed by atoms with E-state index in [0.29, 0.717) is 12.1 Å². The zero-order valence-corrected chi connectivity index (χ0v) is 16.6. The van der Waals surface area contributed by atoms with Gasteiger partial charge in [0.1, 0.15) is 5.82 Å². The average molecular weight is 390 g/mol. The van der Waals surface area contributed by atoms with Crippen LogP contribution in [0.2, 0.25) is 0 Å². The average Bonchev–Trinajstić information content (AvgIpc) is 3.38. The molecule has 5 nitrogen and oxygen atoms in total. The van der Waals surface area contributed by atoms with Crippen molar-refractivity contribution in [3.8, 4) is 11.1 Å². The molecular formula is C23H23FN4O. The molecule has 3 aromatic rings. The van der Waals surface area contributed by atoms with E-state index in [1.54, 1.807) is 21.8 Å². The van der Waals surface area contributed by atoms with Crippen molar-refractivity contribution in [1.82, 2.24) is 14.7 Å². The Morgan fingerprint density at radius 2 is 1.97 bits per heavy atom. The maximum atomic E-state index is 15.0. The number of rotatable bonds is 3. The number of likely N-dealkylation sites (tertiary alicyclic amines) is 1. The Labute approximate surface area is 169 Å². The quantitative estimate of drug-likeness (QED) is 0.689. The van der Waals surface area contributed by atoms with Gasteiger partial charge in [-0.25, -0.2) is 4.39 Å². The maximum absolute atomic E-state index is 15.0. The van der Waals surface area contributed by atoms with E-state index in [2.05, 4.69) is 10.00 Å². The van der Waals surface area contributed by atoms with Gasteiger partial charge in [-0.3, -0.25) is 9.48 Å². The standard InChI is InChI=1S/C23H23FN4O/c1-26-10-9-23(15-26)19-5-3-4-6-21(19)28(22(23)29)14-17-8-7-16(11-20(17)24)18-12-25-27(2)13-18/h3-8,11-13H,9-10,14-15H2,1-2H3. The van der Waals surface area contributed by atoms with Crippen LogP contribution in [0, 0.1) is 5.82 Å². The lowest BCUT2D eigenvalue weighted by atomic mass is 9.81. The molecule has 1 amide bonds. The van der Waals surface area contributed by atoms with Crippen molar-refractivity contribution in [3.05, 3.63) is 71.8 Å². The number of likely N-dealkylation sites (N-methyl/N-ethyl adjacent to an activating group) is 1. The van der Waals surface area contributed by atoms with E-state index in [4.69, 9.17) is 0 Å². The molecule has 0 saturated carbocycles. The fourth-order valence-corrected chi connectivity index (χ4v) is 4.74. The van der Waals surface area contributed by atoms with Gasteiger partial charge in [-0.1, -0.05) is 30.3 Å². The van der Waals surface area contributed by atoms with Crippen molar-refractivity contribution in [2.24, 2.45) is 7.05 Å². The summed E-state index contributed by atoms with van der Waals surface area (Å²) in [5, 5.41) is 4.15. The summed E-state index contributed by atoms with van der Waals surface area (Å²) in [4.78, 5) is 17.5. The fraction of sp³-hybridized carbons (Fsp3) is 0.304. The molecule has 0 radical (unpaired) electrons.